The number of carbonyl (C=O) groups is 1. The summed E-state index contributed by atoms with van der Waals surface area (Å²) in [5, 5.41) is 3.01. The van der Waals surface area contributed by atoms with E-state index in [1.54, 1.807) is 23.1 Å². The Labute approximate surface area is 125 Å². The lowest BCUT2D eigenvalue weighted by Crippen LogP contribution is -2.13. The molecule has 0 saturated heterocycles. The largest absolute Gasteiger partial charge is 0.469 e. The van der Waals surface area contributed by atoms with E-state index in [1.807, 2.05) is 16.0 Å². The molecule has 0 radical (unpaired) electrons. The van der Waals surface area contributed by atoms with Crippen LogP contribution in [0.3, 0.4) is 0 Å². The van der Waals surface area contributed by atoms with Gasteiger partial charge in [-0.2, -0.15) is 0 Å². The number of esters is 1. The molecule has 20 heavy (non-hydrogen) atoms. The molecule has 1 aliphatic carbocycles. The smallest absolute Gasteiger partial charge is 0.306 e. The lowest BCUT2D eigenvalue weighted by atomic mass is 10.1. The quantitative estimate of drug-likeness (QED) is 0.655. The lowest BCUT2D eigenvalue weighted by Gasteiger charge is -2.12. The van der Waals surface area contributed by atoms with Crippen LogP contribution in [0.5, 0.6) is 0 Å². The van der Waals surface area contributed by atoms with Crippen LogP contribution in [0.1, 0.15) is 25.0 Å². The summed E-state index contributed by atoms with van der Waals surface area (Å²) in [7, 11) is 1.45. The molecule has 5 nitrogen and oxygen atoms in total. The Kier molecular flexibility index (Phi) is 3.74. The standard InChI is InChI=1S/C13H17N3O2S2/c1-18-10(17)6-13(2-3-13)8-20-11-9(7-14)16-4-5-19-12(16)15-11/h4-5H,2-3,6-8,14H2,1H3. The zero-order chi connectivity index (χ0) is 14.2. The van der Waals surface area contributed by atoms with Crippen LogP contribution < -0.4 is 5.73 Å². The number of ether oxygens (including phenoxy) is 1. The van der Waals surface area contributed by atoms with Crippen molar-refractivity contribution in [2.24, 2.45) is 11.1 Å². The van der Waals surface area contributed by atoms with Gasteiger partial charge in [-0.25, -0.2) is 4.98 Å². The molecule has 0 aliphatic heterocycles. The number of hydrogen-bond donors (Lipinski definition) is 1. The number of methoxy groups -OCH3 is 1. The van der Waals surface area contributed by atoms with Crippen molar-refractivity contribution in [3.63, 3.8) is 0 Å². The van der Waals surface area contributed by atoms with Crippen LogP contribution in [0.4, 0.5) is 0 Å². The number of nitrogens with zero attached hydrogens (tertiary/aromatic N) is 2. The minimum atomic E-state index is -0.118. The van der Waals surface area contributed by atoms with Crippen LogP contribution >= 0.6 is 23.1 Å². The van der Waals surface area contributed by atoms with Crippen molar-refractivity contribution in [2.75, 3.05) is 12.9 Å². The van der Waals surface area contributed by atoms with Crippen molar-refractivity contribution >= 4 is 34.0 Å². The molecule has 2 aromatic heterocycles. The van der Waals surface area contributed by atoms with Gasteiger partial charge in [-0.3, -0.25) is 9.20 Å². The minimum absolute atomic E-state index is 0.112. The molecule has 2 aromatic rings. The average molecular weight is 311 g/mol. The SMILES string of the molecule is COC(=O)CC1(CSc2nc3sccn3c2CN)CC1. The molecular weight excluding hydrogens is 294 g/mol. The molecule has 0 aromatic carbocycles. The Morgan fingerprint density at radius 2 is 2.45 bits per heavy atom. The van der Waals surface area contributed by atoms with Gasteiger partial charge in [-0.05, 0) is 18.3 Å². The van der Waals surface area contributed by atoms with Gasteiger partial charge in [0.2, 0.25) is 0 Å². The molecule has 0 bridgehead atoms. The van der Waals surface area contributed by atoms with E-state index >= 15 is 0 Å². The molecule has 3 rings (SSSR count). The summed E-state index contributed by atoms with van der Waals surface area (Å²) in [6.07, 6.45) is 4.70. The number of imidazole rings is 1. The van der Waals surface area contributed by atoms with Gasteiger partial charge in [0.1, 0.15) is 5.03 Å². The molecule has 2 N–H and O–H groups in total. The molecule has 7 heteroatoms. The van der Waals surface area contributed by atoms with Crippen molar-refractivity contribution in [1.29, 1.82) is 0 Å². The Balaban J connectivity index is 1.71. The summed E-state index contributed by atoms with van der Waals surface area (Å²) < 4.78 is 6.82. The fourth-order valence-corrected chi connectivity index (χ4v) is 4.39. The van der Waals surface area contributed by atoms with E-state index in [1.165, 1.54) is 7.11 Å². The van der Waals surface area contributed by atoms with Crippen molar-refractivity contribution in [3.8, 4) is 0 Å². The second kappa shape index (κ2) is 5.38. The van der Waals surface area contributed by atoms with Crippen LogP contribution in [0.15, 0.2) is 16.6 Å². The lowest BCUT2D eigenvalue weighted by molar-refractivity contribution is -0.141. The van der Waals surface area contributed by atoms with Gasteiger partial charge < -0.3 is 10.5 Å². The van der Waals surface area contributed by atoms with E-state index in [0.717, 1.165) is 34.3 Å². The van der Waals surface area contributed by atoms with E-state index in [-0.39, 0.29) is 11.4 Å². The number of fused-ring (bicyclic) bond motifs is 1. The molecular formula is C13H17N3O2S2. The van der Waals surface area contributed by atoms with Crippen molar-refractivity contribution in [2.45, 2.75) is 30.8 Å². The first kappa shape index (κ1) is 13.9. The van der Waals surface area contributed by atoms with E-state index in [9.17, 15) is 4.79 Å². The maximum absolute atomic E-state index is 11.4. The van der Waals surface area contributed by atoms with Crippen LogP contribution in [0.25, 0.3) is 4.96 Å². The van der Waals surface area contributed by atoms with Crippen LogP contribution in [0.2, 0.25) is 0 Å². The number of thiazole rings is 1. The molecule has 0 spiro atoms. The summed E-state index contributed by atoms with van der Waals surface area (Å²) in [5.74, 6) is 0.785. The Bertz CT molecular complexity index is 631. The third kappa shape index (κ3) is 2.57. The van der Waals surface area contributed by atoms with Gasteiger partial charge in [-0.1, -0.05) is 0 Å². The number of nitrogens with two attached hydrogens (primary N) is 1. The van der Waals surface area contributed by atoms with Crippen LogP contribution in [0, 0.1) is 5.41 Å². The molecule has 1 aliphatic rings. The van der Waals surface area contributed by atoms with Gasteiger partial charge in [-0.15, -0.1) is 23.1 Å². The first-order valence-corrected chi connectivity index (χ1v) is 8.38. The van der Waals surface area contributed by atoms with Gasteiger partial charge in [0.15, 0.2) is 4.96 Å². The summed E-state index contributed by atoms with van der Waals surface area (Å²) in [5.41, 5.74) is 7.00. The maximum atomic E-state index is 11.4. The second-order valence-corrected chi connectivity index (χ2v) is 7.00. The van der Waals surface area contributed by atoms with Crippen molar-refractivity contribution < 1.29 is 9.53 Å². The third-order valence-corrected chi connectivity index (χ3v) is 5.85. The molecule has 1 saturated carbocycles. The van der Waals surface area contributed by atoms with E-state index in [2.05, 4.69) is 4.98 Å². The number of hydrogen-bond acceptors (Lipinski definition) is 6. The van der Waals surface area contributed by atoms with Crippen LogP contribution in [-0.2, 0) is 16.1 Å². The number of carbonyl (C=O) groups excluding carboxylic acids is 1. The van der Waals surface area contributed by atoms with Gasteiger partial charge in [0, 0.05) is 23.9 Å². The highest BCUT2D eigenvalue weighted by Gasteiger charge is 2.44. The molecule has 2 heterocycles. The van der Waals surface area contributed by atoms with E-state index in [4.69, 9.17) is 10.5 Å². The third-order valence-electron chi connectivity index (χ3n) is 3.74. The van der Waals surface area contributed by atoms with Crippen molar-refractivity contribution in [1.82, 2.24) is 9.38 Å². The van der Waals surface area contributed by atoms with Gasteiger partial charge >= 0.3 is 5.97 Å². The first-order chi connectivity index (χ1) is 9.67. The zero-order valence-electron chi connectivity index (χ0n) is 11.3. The normalized spacial score (nSPS) is 16.5. The molecule has 1 fully saturated rings. The summed E-state index contributed by atoms with van der Waals surface area (Å²) >= 11 is 3.32. The fourth-order valence-electron chi connectivity index (χ4n) is 2.26. The highest BCUT2D eigenvalue weighted by molar-refractivity contribution is 7.99. The van der Waals surface area contributed by atoms with Gasteiger partial charge in [0.25, 0.3) is 0 Å². The minimum Gasteiger partial charge on any atom is -0.469 e. The summed E-state index contributed by atoms with van der Waals surface area (Å²) in [4.78, 5) is 17.0. The topological polar surface area (TPSA) is 69.6 Å². The molecule has 0 unspecified atom stereocenters. The summed E-state index contributed by atoms with van der Waals surface area (Å²) in [6.45, 7) is 0.476. The fraction of sp³-hybridized carbons (Fsp3) is 0.538. The monoisotopic (exact) mass is 311 g/mol. The predicted molar refractivity (Wildman–Crippen MR) is 80.0 cm³/mol. The highest BCUT2D eigenvalue weighted by atomic mass is 32.2. The van der Waals surface area contributed by atoms with Crippen molar-refractivity contribution in [3.05, 3.63) is 17.3 Å². The number of rotatable bonds is 6. The highest BCUT2D eigenvalue weighted by Crippen LogP contribution is 2.52. The predicted octanol–water partition coefficient (Wildman–Crippen LogP) is 2.29. The number of thioether (sulfide) groups is 1. The molecule has 108 valence electrons. The van der Waals surface area contributed by atoms with Crippen LogP contribution in [-0.4, -0.2) is 28.2 Å². The number of aromatic nitrogens is 2. The second-order valence-electron chi connectivity index (χ2n) is 5.16. The Morgan fingerprint density at radius 3 is 3.10 bits per heavy atom. The van der Waals surface area contributed by atoms with E-state index < -0.39 is 0 Å². The first-order valence-electron chi connectivity index (χ1n) is 6.51. The Hall–Kier alpha value is -1.05. The maximum Gasteiger partial charge on any atom is 0.306 e. The average Bonchev–Trinajstić information content (AvgIpc) is 2.91. The Morgan fingerprint density at radius 1 is 1.65 bits per heavy atom. The van der Waals surface area contributed by atoms with E-state index in [0.29, 0.717) is 13.0 Å². The molecule has 0 amide bonds. The molecule has 0 atom stereocenters. The van der Waals surface area contributed by atoms with Gasteiger partial charge in [0.05, 0.1) is 19.2 Å². The summed E-state index contributed by atoms with van der Waals surface area (Å²) in [6, 6.07) is 0. The zero-order valence-corrected chi connectivity index (χ0v) is 12.9.